The molecule has 1 heterocycles. The van der Waals surface area contributed by atoms with E-state index in [0.29, 0.717) is 10.0 Å². The lowest BCUT2D eigenvalue weighted by atomic mass is 9.85. The van der Waals surface area contributed by atoms with Gasteiger partial charge in [-0.1, -0.05) is 35.3 Å². The van der Waals surface area contributed by atoms with Crippen molar-refractivity contribution < 1.29 is 9.66 Å². The zero-order valence-electron chi connectivity index (χ0n) is 16.2. The molecule has 3 aromatic rings. The van der Waals surface area contributed by atoms with E-state index >= 15 is 0 Å². The quantitative estimate of drug-likeness (QED) is 0.398. The van der Waals surface area contributed by atoms with Gasteiger partial charge >= 0.3 is 5.69 Å². The molecule has 2 aromatic carbocycles. The minimum absolute atomic E-state index is 0.00637. The number of nitrogens with zero attached hydrogens (tertiary/aromatic N) is 3. The predicted molar refractivity (Wildman–Crippen MR) is 115 cm³/mol. The summed E-state index contributed by atoms with van der Waals surface area (Å²) in [6, 6.07) is 13.4. The van der Waals surface area contributed by atoms with Crippen LogP contribution in [0.4, 0.5) is 5.69 Å². The number of benzene rings is 2. The molecule has 1 aliphatic carbocycles. The third kappa shape index (κ3) is 4.28. The standard InChI is InChI=1S/C21H20Cl2N4O3/c1-30-20-6-5-15(23)8-19(20)21(13-3-2-4-14(22)7-13)25-16-9-17(10-16)26-12-18(11-24-26)27(28)29/h2-8,11-12,16-17,21,25H,9-10H2,1H3. The van der Waals surface area contributed by atoms with Gasteiger partial charge in [0.05, 0.1) is 24.1 Å². The van der Waals surface area contributed by atoms with Gasteiger partial charge in [0.25, 0.3) is 0 Å². The van der Waals surface area contributed by atoms with Crippen molar-refractivity contribution in [3.63, 3.8) is 0 Å². The van der Waals surface area contributed by atoms with Gasteiger partial charge in [-0.3, -0.25) is 14.8 Å². The van der Waals surface area contributed by atoms with Crippen molar-refractivity contribution in [3.05, 3.63) is 86.1 Å². The van der Waals surface area contributed by atoms with Gasteiger partial charge in [0, 0.05) is 21.7 Å². The van der Waals surface area contributed by atoms with E-state index in [0.717, 1.165) is 29.7 Å². The zero-order valence-corrected chi connectivity index (χ0v) is 17.7. The summed E-state index contributed by atoms with van der Waals surface area (Å²) in [6.45, 7) is 0. The van der Waals surface area contributed by atoms with Crippen LogP contribution in [0.2, 0.25) is 10.0 Å². The monoisotopic (exact) mass is 446 g/mol. The molecule has 0 aliphatic heterocycles. The van der Waals surface area contributed by atoms with Gasteiger partial charge in [0.1, 0.15) is 18.1 Å². The molecule has 4 rings (SSSR count). The Hall–Kier alpha value is -2.61. The van der Waals surface area contributed by atoms with E-state index in [1.807, 2.05) is 36.4 Å². The molecule has 156 valence electrons. The summed E-state index contributed by atoms with van der Waals surface area (Å²) < 4.78 is 7.24. The minimum Gasteiger partial charge on any atom is -0.496 e. The number of nitro groups is 1. The SMILES string of the molecule is COc1ccc(Cl)cc1C(NC1CC(n2cc([N+](=O)[O-])cn2)C1)c1cccc(Cl)c1. The van der Waals surface area contributed by atoms with Crippen LogP contribution in [0.1, 0.15) is 36.1 Å². The van der Waals surface area contributed by atoms with Crippen molar-refractivity contribution in [1.82, 2.24) is 15.1 Å². The Morgan fingerprint density at radius 3 is 2.67 bits per heavy atom. The number of nitrogens with one attached hydrogen (secondary N) is 1. The van der Waals surface area contributed by atoms with Crippen LogP contribution < -0.4 is 10.1 Å². The molecule has 0 saturated heterocycles. The molecule has 1 aliphatic rings. The van der Waals surface area contributed by atoms with Crippen LogP contribution in [0.15, 0.2) is 54.9 Å². The highest BCUT2D eigenvalue weighted by molar-refractivity contribution is 6.31. The summed E-state index contributed by atoms with van der Waals surface area (Å²) in [4.78, 5) is 10.5. The maximum atomic E-state index is 10.9. The van der Waals surface area contributed by atoms with Crippen LogP contribution in [0.25, 0.3) is 0 Å². The molecule has 1 saturated carbocycles. The molecule has 0 amide bonds. The highest BCUT2D eigenvalue weighted by Crippen LogP contribution is 2.38. The van der Waals surface area contributed by atoms with Crippen molar-refractivity contribution in [3.8, 4) is 5.75 Å². The molecule has 0 radical (unpaired) electrons. The molecule has 1 N–H and O–H groups in total. The summed E-state index contributed by atoms with van der Waals surface area (Å²) in [5.41, 5.74) is 1.93. The van der Waals surface area contributed by atoms with Crippen LogP contribution in [0.5, 0.6) is 5.75 Å². The summed E-state index contributed by atoms with van der Waals surface area (Å²) in [6.07, 6.45) is 4.37. The predicted octanol–water partition coefficient (Wildman–Crippen LogP) is 5.19. The van der Waals surface area contributed by atoms with E-state index < -0.39 is 4.92 Å². The van der Waals surface area contributed by atoms with Crippen molar-refractivity contribution in [1.29, 1.82) is 0 Å². The van der Waals surface area contributed by atoms with Crippen LogP contribution in [0.3, 0.4) is 0 Å². The lowest BCUT2D eigenvalue weighted by Crippen LogP contribution is -2.44. The first-order valence-electron chi connectivity index (χ1n) is 9.48. The fourth-order valence-electron chi connectivity index (χ4n) is 3.78. The van der Waals surface area contributed by atoms with E-state index in [1.54, 1.807) is 17.9 Å². The van der Waals surface area contributed by atoms with Crippen molar-refractivity contribution in [2.45, 2.75) is 31.0 Å². The molecule has 0 spiro atoms. The molecule has 1 aromatic heterocycles. The maximum absolute atomic E-state index is 10.9. The van der Waals surface area contributed by atoms with Gasteiger partial charge < -0.3 is 10.1 Å². The Balaban J connectivity index is 1.56. The number of rotatable bonds is 7. The normalized spacial score (nSPS) is 19.2. The molecule has 1 atom stereocenters. The van der Waals surface area contributed by atoms with Crippen LogP contribution in [-0.4, -0.2) is 27.9 Å². The highest BCUT2D eigenvalue weighted by atomic mass is 35.5. The first kappa shape index (κ1) is 20.7. The lowest BCUT2D eigenvalue weighted by Gasteiger charge is -2.39. The first-order valence-corrected chi connectivity index (χ1v) is 10.2. The van der Waals surface area contributed by atoms with Gasteiger partial charge in [-0.05, 0) is 48.7 Å². The Bertz CT molecular complexity index is 1070. The highest BCUT2D eigenvalue weighted by Gasteiger charge is 2.34. The third-order valence-electron chi connectivity index (χ3n) is 5.37. The summed E-state index contributed by atoms with van der Waals surface area (Å²) in [5.74, 6) is 0.732. The molecule has 7 nitrogen and oxygen atoms in total. The summed E-state index contributed by atoms with van der Waals surface area (Å²) in [7, 11) is 1.63. The molecule has 9 heteroatoms. The van der Waals surface area contributed by atoms with Crippen LogP contribution >= 0.6 is 23.2 Å². The van der Waals surface area contributed by atoms with E-state index in [4.69, 9.17) is 27.9 Å². The minimum atomic E-state index is -0.432. The lowest BCUT2D eigenvalue weighted by molar-refractivity contribution is -0.385. The summed E-state index contributed by atoms with van der Waals surface area (Å²) in [5, 5.41) is 20.0. The number of methoxy groups -OCH3 is 1. The van der Waals surface area contributed by atoms with Crippen molar-refractivity contribution in [2.75, 3.05) is 7.11 Å². The fraction of sp³-hybridized carbons (Fsp3) is 0.286. The van der Waals surface area contributed by atoms with Crippen LogP contribution in [-0.2, 0) is 0 Å². The number of hydrogen-bond acceptors (Lipinski definition) is 5. The van der Waals surface area contributed by atoms with Gasteiger partial charge in [-0.15, -0.1) is 0 Å². The second-order valence-electron chi connectivity index (χ2n) is 7.30. The third-order valence-corrected chi connectivity index (χ3v) is 5.84. The molecule has 1 fully saturated rings. The second-order valence-corrected chi connectivity index (χ2v) is 8.17. The smallest absolute Gasteiger partial charge is 0.307 e. The summed E-state index contributed by atoms with van der Waals surface area (Å²) >= 11 is 12.5. The Labute approximate surface area is 183 Å². The molecular formula is C21H20Cl2N4O3. The molecule has 0 bridgehead atoms. The largest absolute Gasteiger partial charge is 0.496 e. The molecule has 1 unspecified atom stereocenters. The van der Waals surface area contributed by atoms with E-state index in [-0.39, 0.29) is 23.8 Å². The molecule has 30 heavy (non-hydrogen) atoms. The van der Waals surface area contributed by atoms with Gasteiger partial charge in [0.15, 0.2) is 0 Å². The number of halogens is 2. The van der Waals surface area contributed by atoms with Gasteiger partial charge in [0.2, 0.25) is 0 Å². The topological polar surface area (TPSA) is 82.2 Å². The average molecular weight is 447 g/mol. The van der Waals surface area contributed by atoms with Crippen molar-refractivity contribution >= 4 is 28.9 Å². The molecular weight excluding hydrogens is 427 g/mol. The Morgan fingerprint density at radius 2 is 2.00 bits per heavy atom. The van der Waals surface area contributed by atoms with Gasteiger partial charge in [-0.25, -0.2) is 0 Å². The Morgan fingerprint density at radius 1 is 1.23 bits per heavy atom. The van der Waals surface area contributed by atoms with E-state index in [1.165, 1.54) is 12.4 Å². The van der Waals surface area contributed by atoms with Crippen LogP contribution in [0, 0.1) is 10.1 Å². The zero-order chi connectivity index (χ0) is 21.3. The Kier molecular flexibility index (Phi) is 5.94. The van der Waals surface area contributed by atoms with E-state index in [9.17, 15) is 10.1 Å². The maximum Gasteiger partial charge on any atom is 0.307 e. The van der Waals surface area contributed by atoms with Gasteiger partial charge in [-0.2, -0.15) is 5.10 Å². The van der Waals surface area contributed by atoms with E-state index in [2.05, 4.69) is 10.4 Å². The van der Waals surface area contributed by atoms with Crippen molar-refractivity contribution in [2.24, 2.45) is 0 Å². The fourth-order valence-corrected chi connectivity index (χ4v) is 4.16. The first-order chi connectivity index (χ1) is 14.4. The number of ether oxygens (including phenoxy) is 1. The number of aromatic nitrogens is 2. The average Bonchev–Trinajstić information content (AvgIpc) is 3.17. The number of hydrogen-bond donors (Lipinski definition) is 1. The second kappa shape index (κ2) is 8.63.